The van der Waals surface area contributed by atoms with Gasteiger partial charge in [-0.15, -0.1) is 0 Å². The molecule has 2 aromatic rings. The van der Waals surface area contributed by atoms with Crippen LogP contribution in [0, 0.1) is 19.7 Å². The van der Waals surface area contributed by atoms with E-state index in [4.69, 9.17) is 0 Å². The molecule has 0 bridgehead atoms. The molecule has 21 heavy (non-hydrogen) atoms. The maximum absolute atomic E-state index is 13.6. The van der Waals surface area contributed by atoms with Crippen molar-refractivity contribution in [3.8, 4) is 0 Å². The minimum absolute atomic E-state index is 0.348. The Hall–Kier alpha value is -1.87. The van der Waals surface area contributed by atoms with Crippen LogP contribution in [-0.4, -0.2) is 18.7 Å². The Kier molecular flexibility index (Phi) is 4.97. The second kappa shape index (κ2) is 6.72. The summed E-state index contributed by atoms with van der Waals surface area (Å²) in [7, 11) is 1.99. The highest BCUT2D eigenvalue weighted by atomic mass is 19.1. The van der Waals surface area contributed by atoms with Crippen LogP contribution in [0.15, 0.2) is 42.5 Å². The summed E-state index contributed by atoms with van der Waals surface area (Å²) in [6.07, 6.45) is -0.288. The lowest BCUT2D eigenvalue weighted by Crippen LogP contribution is -2.21. The number of nitrogens with zero attached hydrogens (tertiary/aromatic N) is 1. The van der Waals surface area contributed by atoms with Gasteiger partial charge in [-0.3, -0.25) is 0 Å². The Morgan fingerprint density at radius 1 is 1.14 bits per heavy atom. The number of hydrogen-bond acceptors (Lipinski definition) is 2. The summed E-state index contributed by atoms with van der Waals surface area (Å²) in [6.45, 7) is 4.81. The van der Waals surface area contributed by atoms with E-state index in [1.807, 2.05) is 7.05 Å². The van der Waals surface area contributed by atoms with E-state index in [2.05, 4.69) is 36.9 Å². The van der Waals surface area contributed by atoms with Crippen LogP contribution in [0.4, 0.5) is 10.1 Å². The third-order valence-corrected chi connectivity index (χ3v) is 3.77. The molecule has 2 aromatic carbocycles. The van der Waals surface area contributed by atoms with E-state index in [9.17, 15) is 9.50 Å². The monoisotopic (exact) mass is 287 g/mol. The number of benzene rings is 2. The molecule has 1 atom stereocenters. The maximum Gasteiger partial charge on any atom is 0.128 e. The molecule has 0 aliphatic heterocycles. The topological polar surface area (TPSA) is 23.5 Å². The number of rotatable bonds is 5. The minimum atomic E-state index is -0.778. The van der Waals surface area contributed by atoms with Crippen molar-refractivity contribution in [3.05, 3.63) is 65.0 Å². The summed E-state index contributed by atoms with van der Waals surface area (Å²) in [6, 6.07) is 12.7. The Morgan fingerprint density at radius 3 is 2.52 bits per heavy atom. The predicted molar refractivity (Wildman–Crippen MR) is 85.2 cm³/mol. The van der Waals surface area contributed by atoms with Gasteiger partial charge < -0.3 is 10.0 Å². The van der Waals surface area contributed by atoms with Crippen LogP contribution in [0.25, 0.3) is 0 Å². The molecule has 2 rings (SSSR count). The van der Waals surface area contributed by atoms with Gasteiger partial charge in [-0.2, -0.15) is 0 Å². The second-order valence-electron chi connectivity index (χ2n) is 5.54. The second-order valence-corrected chi connectivity index (χ2v) is 5.54. The predicted octanol–water partition coefficient (Wildman–Crippen LogP) is 4.00. The van der Waals surface area contributed by atoms with E-state index in [1.165, 1.54) is 17.2 Å². The summed E-state index contributed by atoms with van der Waals surface area (Å²) < 4.78 is 13.6. The van der Waals surface area contributed by atoms with E-state index in [1.54, 1.807) is 18.2 Å². The Balaban J connectivity index is 2.01. The summed E-state index contributed by atoms with van der Waals surface area (Å²) in [5.41, 5.74) is 3.95. The molecule has 0 aliphatic carbocycles. The van der Waals surface area contributed by atoms with Crippen molar-refractivity contribution in [1.29, 1.82) is 0 Å². The number of aliphatic hydroxyl groups excluding tert-OH is 1. The average Bonchev–Trinajstić information content (AvgIpc) is 2.45. The van der Waals surface area contributed by atoms with Gasteiger partial charge in [0.05, 0.1) is 6.10 Å². The van der Waals surface area contributed by atoms with E-state index in [0.717, 1.165) is 5.69 Å². The first-order valence-corrected chi connectivity index (χ1v) is 7.20. The van der Waals surface area contributed by atoms with Gasteiger partial charge in [-0.1, -0.05) is 35.9 Å². The standard InChI is InChI=1S/C18H22FNO/c1-13-8-9-17(14(2)12-13)20(3)11-10-18(21)15-6-4-5-7-16(15)19/h4-9,12,18,21H,10-11H2,1-3H3. The van der Waals surface area contributed by atoms with Gasteiger partial charge in [-0.05, 0) is 38.0 Å². The highest BCUT2D eigenvalue weighted by Crippen LogP contribution is 2.23. The lowest BCUT2D eigenvalue weighted by molar-refractivity contribution is 0.165. The number of aryl methyl sites for hydroxylation is 2. The molecular formula is C18H22FNO. The van der Waals surface area contributed by atoms with Gasteiger partial charge in [0, 0.05) is 24.8 Å². The summed E-state index contributed by atoms with van der Waals surface area (Å²) in [5.74, 6) is -0.348. The summed E-state index contributed by atoms with van der Waals surface area (Å²) in [5, 5.41) is 10.1. The van der Waals surface area contributed by atoms with E-state index in [0.29, 0.717) is 18.5 Å². The zero-order valence-electron chi connectivity index (χ0n) is 12.8. The van der Waals surface area contributed by atoms with E-state index in [-0.39, 0.29) is 5.82 Å². The summed E-state index contributed by atoms with van der Waals surface area (Å²) >= 11 is 0. The fourth-order valence-corrected chi connectivity index (χ4v) is 2.57. The summed E-state index contributed by atoms with van der Waals surface area (Å²) in [4.78, 5) is 2.10. The number of anilines is 1. The van der Waals surface area contributed by atoms with Crippen LogP contribution in [0.3, 0.4) is 0 Å². The van der Waals surface area contributed by atoms with Crippen LogP contribution in [0.5, 0.6) is 0 Å². The van der Waals surface area contributed by atoms with Crippen molar-refractivity contribution in [2.24, 2.45) is 0 Å². The Morgan fingerprint density at radius 2 is 1.86 bits per heavy atom. The van der Waals surface area contributed by atoms with Gasteiger partial charge in [0.15, 0.2) is 0 Å². The van der Waals surface area contributed by atoms with Crippen molar-refractivity contribution in [2.75, 3.05) is 18.5 Å². The van der Waals surface area contributed by atoms with Crippen molar-refractivity contribution in [1.82, 2.24) is 0 Å². The van der Waals surface area contributed by atoms with Gasteiger partial charge in [0.1, 0.15) is 5.82 Å². The van der Waals surface area contributed by atoms with Crippen molar-refractivity contribution in [2.45, 2.75) is 26.4 Å². The SMILES string of the molecule is Cc1ccc(N(C)CCC(O)c2ccccc2F)c(C)c1. The lowest BCUT2D eigenvalue weighted by Gasteiger charge is -2.23. The molecule has 0 amide bonds. The molecule has 0 saturated carbocycles. The van der Waals surface area contributed by atoms with Crippen LogP contribution < -0.4 is 4.90 Å². The molecule has 0 radical (unpaired) electrons. The minimum Gasteiger partial charge on any atom is -0.388 e. The third-order valence-electron chi connectivity index (χ3n) is 3.77. The molecule has 0 aliphatic rings. The number of aliphatic hydroxyl groups is 1. The molecule has 0 saturated heterocycles. The van der Waals surface area contributed by atoms with Crippen molar-refractivity contribution in [3.63, 3.8) is 0 Å². The first kappa shape index (κ1) is 15.5. The van der Waals surface area contributed by atoms with Gasteiger partial charge in [0.2, 0.25) is 0 Å². The Labute approximate surface area is 125 Å². The quantitative estimate of drug-likeness (QED) is 0.898. The third kappa shape index (κ3) is 3.82. The molecule has 0 heterocycles. The molecule has 1 N–H and O–H groups in total. The first-order chi connectivity index (χ1) is 9.99. The average molecular weight is 287 g/mol. The zero-order valence-corrected chi connectivity index (χ0v) is 12.8. The smallest absolute Gasteiger partial charge is 0.128 e. The molecule has 1 unspecified atom stereocenters. The lowest BCUT2D eigenvalue weighted by atomic mass is 10.1. The van der Waals surface area contributed by atoms with E-state index < -0.39 is 6.10 Å². The fraction of sp³-hybridized carbons (Fsp3) is 0.333. The van der Waals surface area contributed by atoms with Gasteiger partial charge >= 0.3 is 0 Å². The van der Waals surface area contributed by atoms with Gasteiger partial charge in [-0.25, -0.2) is 4.39 Å². The highest BCUT2D eigenvalue weighted by molar-refractivity contribution is 5.53. The molecule has 112 valence electrons. The van der Waals surface area contributed by atoms with Crippen LogP contribution >= 0.6 is 0 Å². The van der Waals surface area contributed by atoms with E-state index >= 15 is 0 Å². The zero-order chi connectivity index (χ0) is 15.4. The Bertz CT molecular complexity index is 612. The van der Waals surface area contributed by atoms with Crippen molar-refractivity contribution >= 4 is 5.69 Å². The van der Waals surface area contributed by atoms with Crippen LogP contribution in [-0.2, 0) is 0 Å². The van der Waals surface area contributed by atoms with Crippen molar-refractivity contribution < 1.29 is 9.50 Å². The normalized spacial score (nSPS) is 12.2. The molecule has 2 nitrogen and oxygen atoms in total. The largest absolute Gasteiger partial charge is 0.388 e. The number of hydrogen-bond donors (Lipinski definition) is 1. The first-order valence-electron chi connectivity index (χ1n) is 7.20. The molecule has 0 spiro atoms. The van der Waals surface area contributed by atoms with Gasteiger partial charge in [0.25, 0.3) is 0 Å². The molecular weight excluding hydrogens is 265 g/mol. The molecule has 3 heteroatoms. The molecule has 0 fully saturated rings. The van der Waals surface area contributed by atoms with Crippen LogP contribution in [0.1, 0.15) is 29.2 Å². The van der Waals surface area contributed by atoms with Crippen LogP contribution in [0.2, 0.25) is 0 Å². The highest BCUT2D eigenvalue weighted by Gasteiger charge is 2.13. The fourth-order valence-electron chi connectivity index (χ4n) is 2.57. The molecule has 0 aromatic heterocycles. The number of halogens is 1. The maximum atomic E-state index is 13.6.